The van der Waals surface area contributed by atoms with Crippen LogP contribution in [0.25, 0.3) is 0 Å². The zero-order valence-corrected chi connectivity index (χ0v) is 7.94. The van der Waals surface area contributed by atoms with Crippen LogP contribution in [0.4, 0.5) is 0 Å². The fourth-order valence-electron chi connectivity index (χ4n) is 1.55. The van der Waals surface area contributed by atoms with Gasteiger partial charge in [-0.15, -0.1) is 11.8 Å². The molecule has 0 unspecified atom stereocenters. The Morgan fingerprint density at radius 1 is 1.50 bits per heavy atom. The molecule has 0 radical (unpaired) electrons. The molecule has 1 aliphatic heterocycles. The lowest BCUT2D eigenvalue weighted by Gasteiger charge is -2.10. The number of ketones is 1. The summed E-state index contributed by atoms with van der Waals surface area (Å²) in [5, 5.41) is 4.23. The molecule has 0 saturated heterocycles. The molecular formula is C8H10N2OS. The number of hydrogen-bond acceptors (Lipinski definition) is 3. The van der Waals surface area contributed by atoms with E-state index in [1.54, 1.807) is 11.8 Å². The van der Waals surface area contributed by atoms with E-state index in [0.29, 0.717) is 5.75 Å². The third kappa shape index (κ3) is 0.982. The number of hydrogen-bond donors (Lipinski definition) is 0. The van der Waals surface area contributed by atoms with Crippen LogP contribution in [0.1, 0.15) is 21.7 Å². The predicted octanol–water partition coefficient (Wildman–Crippen LogP) is 1.16. The Hall–Kier alpha value is -0.770. The third-order valence-electron chi connectivity index (χ3n) is 2.09. The van der Waals surface area contributed by atoms with E-state index in [1.807, 2.05) is 18.7 Å². The van der Waals surface area contributed by atoms with E-state index >= 15 is 0 Å². The maximum Gasteiger partial charge on any atom is 0.176 e. The number of carbonyl (C=O) groups is 1. The number of aryl methyl sites for hydroxylation is 2. The lowest BCUT2D eigenvalue weighted by atomic mass is 10.1. The van der Waals surface area contributed by atoms with E-state index < -0.39 is 0 Å². The van der Waals surface area contributed by atoms with Crippen molar-refractivity contribution in [3.63, 3.8) is 0 Å². The smallest absolute Gasteiger partial charge is 0.176 e. The highest BCUT2D eigenvalue weighted by molar-refractivity contribution is 7.99. The van der Waals surface area contributed by atoms with Crippen molar-refractivity contribution in [2.24, 2.45) is 7.05 Å². The minimum absolute atomic E-state index is 0.229. The minimum atomic E-state index is 0.229. The van der Waals surface area contributed by atoms with Gasteiger partial charge in [0.05, 0.1) is 22.7 Å². The van der Waals surface area contributed by atoms with Crippen LogP contribution in [0.2, 0.25) is 0 Å². The SMILES string of the molecule is Cc1nn(C)c2c1C(=O)CSC2. The summed E-state index contributed by atoms with van der Waals surface area (Å²) in [5.41, 5.74) is 2.81. The topological polar surface area (TPSA) is 34.9 Å². The molecule has 0 saturated carbocycles. The Kier molecular flexibility index (Phi) is 1.72. The van der Waals surface area contributed by atoms with E-state index in [4.69, 9.17) is 0 Å². The van der Waals surface area contributed by atoms with E-state index in [2.05, 4.69) is 5.10 Å². The molecule has 2 rings (SSSR count). The molecule has 1 aromatic heterocycles. The van der Waals surface area contributed by atoms with Crippen LogP contribution in [0.15, 0.2) is 0 Å². The molecule has 0 atom stereocenters. The Bertz CT molecular complexity index is 343. The van der Waals surface area contributed by atoms with E-state index in [1.165, 1.54) is 0 Å². The Morgan fingerprint density at radius 3 is 2.92 bits per heavy atom. The average molecular weight is 182 g/mol. The minimum Gasteiger partial charge on any atom is -0.293 e. The highest BCUT2D eigenvalue weighted by atomic mass is 32.2. The Balaban J connectivity index is 2.62. The van der Waals surface area contributed by atoms with Gasteiger partial charge in [-0.1, -0.05) is 0 Å². The molecule has 0 N–H and O–H groups in total. The first-order chi connectivity index (χ1) is 5.70. The van der Waals surface area contributed by atoms with Crippen molar-refractivity contribution >= 4 is 17.5 Å². The molecule has 1 aliphatic rings. The molecule has 4 heteroatoms. The molecule has 0 amide bonds. The third-order valence-corrected chi connectivity index (χ3v) is 3.04. The maximum atomic E-state index is 11.4. The van der Waals surface area contributed by atoms with Gasteiger partial charge in [-0.05, 0) is 6.92 Å². The second-order valence-corrected chi connectivity index (χ2v) is 3.93. The summed E-state index contributed by atoms with van der Waals surface area (Å²) in [6, 6.07) is 0. The number of rotatable bonds is 0. The summed E-state index contributed by atoms with van der Waals surface area (Å²) in [6.45, 7) is 1.90. The summed E-state index contributed by atoms with van der Waals surface area (Å²) in [6.07, 6.45) is 0. The van der Waals surface area contributed by atoms with Crippen molar-refractivity contribution in [2.75, 3.05) is 5.75 Å². The van der Waals surface area contributed by atoms with Gasteiger partial charge in [-0.25, -0.2) is 0 Å². The number of fused-ring (bicyclic) bond motifs is 1. The van der Waals surface area contributed by atoms with Crippen molar-refractivity contribution in [1.29, 1.82) is 0 Å². The molecule has 0 spiro atoms. The predicted molar refractivity (Wildman–Crippen MR) is 48.4 cm³/mol. The van der Waals surface area contributed by atoms with Crippen LogP contribution in [0.3, 0.4) is 0 Å². The van der Waals surface area contributed by atoms with E-state index in [0.717, 1.165) is 22.7 Å². The molecule has 12 heavy (non-hydrogen) atoms. The molecule has 0 aromatic carbocycles. The molecule has 1 aromatic rings. The number of carbonyl (C=O) groups excluding carboxylic acids is 1. The van der Waals surface area contributed by atoms with Gasteiger partial charge in [0.25, 0.3) is 0 Å². The molecule has 0 aliphatic carbocycles. The average Bonchev–Trinajstić information content (AvgIpc) is 2.29. The van der Waals surface area contributed by atoms with Gasteiger partial charge in [-0.3, -0.25) is 9.48 Å². The summed E-state index contributed by atoms with van der Waals surface area (Å²) in [5.74, 6) is 1.75. The summed E-state index contributed by atoms with van der Waals surface area (Å²) >= 11 is 1.66. The quantitative estimate of drug-likeness (QED) is 0.604. The van der Waals surface area contributed by atoms with Crippen LogP contribution in [-0.2, 0) is 12.8 Å². The number of nitrogens with zero attached hydrogens (tertiary/aromatic N) is 2. The Morgan fingerprint density at radius 2 is 2.25 bits per heavy atom. The van der Waals surface area contributed by atoms with Gasteiger partial charge in [0, 0.05) is 12.8 Å². The van der Waals surface area contributed by atoms with Crippen LogP contribution >= 0.6 is 11.8 Å². The fraction of sp³-hybridized carbons (Fsp3) is 0.500. The van der Waals surface area contributed by atoms with Gasteiger partial charge in [0.15, 0.2) is 5.78 Å². The van der Waals surface area contributed by atoms with E-state index in [-0.39, 0.29) is 5.78 Å². The zero-order valence-electron chi connectivity index (χ0n) is 7.13. The van der Waals surface area contributed by atoms with Crippen molar-refractivity contribution in [2.45, 2.75) is 12.7 Å². The largest absolute Gasteiger partial charge is 0.293 e. The van der Waals surface area contributed by atoms with E-state index in [9.17, 15) is 4.79 Å². The van der Waals surface area contributed by atoms with Crippen LogP contribution in [0.5, 0.6) is 0 Å². The van der Waals surface area contributed by atoms with Gasteiger partial charge >= 0.3 is 0 Å². The number of Topliss-reactive ketones (excluding diaryl/α,β-unsaturated/α-hetero) is 1. The molecule has 64 valence electrons. The zero-order chi connectivity index (χ0) is 8.72. The standard InChI is InChI=1S/C8H10N2OS/c1-5-8-6(10(2)9-5)3-12-4-7(8)11/h3-4H2,1-2H3. The molecule has 2 heterocycles. The van der Waals surface area contributed by atoms with Gasteiger partial charge in [0.1, 0.15) is 0 Å². The van der Waals surface area contributed by atoms with Crippen molar-refractivity contribution in [1.82, 2.24) is 9.78 Å². The lowest BCUT2D eigenvalue weighted by molar-refractivity contribution is 0.102. The van der Waals surface area contributed by atoms with Crippen molar-refractivity contribution in [3.8, 4) is 0 Å². The normalized spacial score (nSPS) is 16.3. The molecule has 0 bridgehead atoms. The Labute approximate surface area is 75.1 Å². The highest BCUT2D eigenvalue weighted by Gasteiger charge is 2.23. The first kappa shape index (κ1) is 7.86. The summed E-state index contributed by atoms with van der Waals surface area (Å²) in [4.78, 5) is 11.4. The summed E-state index contributed by atoms with van der Waals surface area (Å²) in [7, 11) is 1.89. The van der Waals surface area contributed by atoms with Gasteiger partial charge < -0.3 is 0 Å². The molecular weight excluding hydrogens is 172 g/mol. The van der Waals surface area contributed by atoms with Crippen LogP contribution in [-0.4, -0.2) is 21.3 Å². The monoisotopic (exact) mass is 182 g/mol. The lowest BCUT2D eigenvalue weighted by Crippen LogP contribution is -2.13. The fourth-order valence-corrected chi connectivity index (χ4v) is 2.50. The van der Waals surface area contributed by atoms with Crippen LogP contribution < -0.4 is 0 Å². The highest BCUT2D eigenvalue weighted by Crippen LogP contribution is 2.25. The number of thioether (sulfide) groups is 1. The first-order valence-electron chi connectivity index (χ1n) is 3.83. The van der Waals surface area contributed by atoms with Crippen molar-refractivity contribution < 1.29 is 4.79 Å². The van der Waals surface area contributed by atoms with Crippen LogP contribution in [0, 0.1) is 6.92 Å². The van der Waals surface area contributed by atoms with Crippen molar-refractivity contribution in [3.05, 3.63) is 17.0 Å². The molecule has 0 fully saturated rings. The first-order valence-corrected chi connectivity index (χ1v) is 4.99. The maximum absolute atomic E-state index is 11.4. The second kappa shape index (κ2) is 2.62. The van der Waals surface area contributed by atoms with Gasteiger partial charge in [-0.2, -0.15) is 5.10 Å². The molecule has 3 nitrogen and oxygen atoms in total. The number of aromatic nitrogens is 2. The van der Waals surface area contributed by atoms with Gasteiger partial charge in [0.2, 0.25) is 0 Å². The second-order valence-electron chi connectivity index (χ2n) is 2.95. The summed E-state index contributed by atoms with van der Waals surface area (Å²) < 4.78 is 1.81.